The van der Waals surface area contributed by atoms with E-state index in [0.717, 1.165) is 87.7 Å². The second-order valence-electron chi connectivity index (χ2n) is 15.0. The van der Waals surface area contributed by atoms with Crippen molar-refractivity contribution in [2.45, 2.75) is 0 Å². The lowest BCUT2D eigenvalue weighted by atomic mass is 10.0. The highest BCUT2D eigenvalue weighted by Gasteiger charge is 2.24. The number of hydrogen-bond acceptors (Lipinski definition) is 5. The molecule has 0 aliphatic rings. The van der Waals surface area contributed by atoms with Gasteiger partial charge in [0.25, 0.3) is 0 Å². The third kappa shape index (κ3) is 4.64. The molecule has 0 bridgehead atoms. The molecule has 0 amide bonds. The standard InChI is InChI=1S/C52H30N6O/c1-2-15-33-30-45-40(29-32(33)14-1)47-43(57-41-22-8-5-18-35(41)36-19-6-9-23-42(36)57)24-12-25-44(47)58(45)52-55-50(37-21-11-16-31-13-3-4-17-34(31)37)54-51(56-52)39-27-28-53-48-38-20-7-10-26-46(38)59-49(39)48/h1-30H. The maximum absolute atomic E-state index is 6.53. The van der Waals surface area contributed by atoms with E-state index in [0.29, 0.717) is 23.2 Å². The Hall–Kier alpha value is -8.16. The molecule has 5 heterocycles. The van der Waals surface area contributed by atoms with Crippen LogP contribution in [0, 0.1) is 0 Å². The Balaban J connectivity index is 1.17. The van der Waals surface area contributed by atoms with Gasteiger partial charge in [-0.25, -0.2) is 4.98 Å². The summed E-state index contributed by atoms with van der Waals surface area (Å²) in [5, 5.41) is 10.0. The monoisotopic (exact) mass is 754 g/mol. The van der Waals surface area contributed by atoms with Crippen LogP contribution in [0.4, 0.5) is 0 Å². The Kier molecular flexibility index (Phi) is 6.60. The van der Waals surface area contributed by atoms with E-state index in [1.165, 1.54) is 10.8 Å². The van der Waals surface area contributed by atoms with E-state index in [9.17, 15) is 0 Å². The zero-order chi connectivity index (χ0) is 38.6. The van der Waals surface area contributed by atoms with Crippen LogP contribution in [-0.2, 0) is 0 Å². The SMILES string of the molecule is c1ccc2cc3c(cc2c1)c1c(-n2c4ccccc4c4ccccc42)cccc1n3-c1nc(-c2cccc3ccccc23)nc(-c2ccnc3c2oc2ccccc23)n1. The first-order valence-electron chi connectivity index (χ1n) is 19.7. The molecule has 0 N–H and O–H groups in total. The smallest absolute Gasteiger partial charge is 0.238 e. The Morgan fingerprint density at radius 3 is 1.81 bits per heavy atom. The summed E-state index contributed by atoms with van der Waals surface area (Å²) in [6.07, 6.45) is 1.81. The molecule has 7 heteroatoms. The van der Waals surface area contributed by atoms with E-state index in [4.69, 9.17) is 24.4 Å². The Morgan fingerprint density at radius 1 is 0.407 bits per heavy atom. The molecule has 0 saturated heterocycles. The minimum Gasteiger partial charge on any atom is -0.454 e. The first-order valence-corrected chi connectivity index (χ1v) is 19.7. The topological polar surface area (TPSA) is 74.6 Å². The number of furan rings is 1. The minimum absolute atomic E-state index is 0.499. The zero-order valence-electron chi connectivity index (χ0n) is 31.4. The third-order valence-electron chi connectivity index (χ3n) is 11.8. The molecule has 0 spiro atoms. The van der Waals surface area contributed by atoms with E-state index in [1.807, 2.05) is 36.5 Å². The van der Waals surface area contributed by atoms with Gasteiger partial charge in [0.2, 0.25) is 5.95 Å². The number of para-hydroxylation sites is 3. The number of rotatable bonds is 4. The quantitative estimate of drug-likeness (QED) is 0.179. The van der Waals surface area contributed by atoms with Gasteiger partial charge in [-0.3, -0.25) is 9.55 Å². The van der Waals surface area contributed by atoms with E-state index in [-0.39, 0.29) is 0 Å². The van der Waals surface area contributed by atoms with Crippen molar-refractivity contribution in [1.82, 2.24) is 29.1 Å². The average Bonchev–Trinajstić information content (AvgIpc) is 3.95. The predicted octanol–water partition coefficient (Wildman–Crippen LogP) is 13.0. The van der Waals surface area contributed by atoms with Crippen molar-refractivity contribution >= 4 is 87.2 Å². The number of benzene rings is 8. The van der Waals surface area contributed by atoms with E-state index < -0.39 is 0 Å². The van der Waals surface area contributed by atoms with Crippen LogP contribution < -0.4 is 0 Å². The molecule has 59 heavy (non-hydrogen) atoms. The fourth-order valence-corrected chi connectivity index (χ4v) is 9.22. The highest BCUT2D eigenvalue weighted by Crippen LogP contribution is 2.42. The average molecular weight is 755 g/mol. The van der Waals surface area contributed by atoms with Crippen LogP contribution in [0.25, 0.3) is 122 Å². The van der Waals surface area contributed by atoms with Gasteiger partial charge in [-0.05, 0) is 76.1 Å². The van der Waals surface area contributed by atoms with Crippen molar-refractivity contribution in [2.75, 3.05) is 0 Å². The van der Waals surface area contributed by atoms with Gasteiger partial charge in [0.15, 0.2) is 17.2 Å². The fraction of sp³-hybridized carbons (Fsp3) is 0. The van der Waals surface area contributed by atoms with Crippen LogP contribution in [0.2, 0.25) is 0 Å². The molecular weight excluding hydrogens is 725 g/mol. The number of pyridine rings is 1. The summed E-state index contributed by atoms with van der Waals surface area (Å²) in [5.41, 5.74) is 9.19. The highest BCUT2D eigenvalue weighted by atomic mass is 16.3. The van der Waals surface area contributed by atoms with Crippen molar-refractivity contribution in [2.24, 2.45) is 0 Å². The first kappa shape index (κ1) is 32.0. The summed E-state index contributed by atoms with van der Waals surface area (Å²) in [7, 11) is 0. The van der Waals surface area contributed by atoms with Crippen LogP contribution in [0.15, 0.2) is 187 Å². The lowest BCUT2D eigenvalue weighted by Crippen LogP contribution is -2.07. The number of hydrogen-bond donors (Lipinski definition) is 0. The zero-order valence-corrected chi connectivity index (χ0v) is 31.4. The Bertz CT molecular complexity index is 3810. The Labute approximate surface area is 336 Å². The molecule has 13 rings (SSSR count). The van der Waals surface area contributed by atoms with Crippen molar-refractivity contribution in [1.29, 1.82) is 0 Å². The second kappa shape index (κ2) is 12.2. The van der Waals surface area contributed by atoms with Gasteiger partial charge in [0.05, 0.1) is 33.3 Å². The first-order chi connectivity index (χ1) is 29.3. The van der Waals surface area contributed by atoms with Crippen molar-refractivity contribution in [3.05, 3.63) is 182 Å². The van der Waals surface area contributed by atoms with E-state index in [2.05, 4.69) is 155 Å². The van der Waals surface area contributed by atoms with Gasteiger partial charge in [0, 0.05) is 38.7 Å². The lowest BCUT2D eigenvalue weighted by Gasteiger charge is -2.13. The summed E-state index contributed by atoms with van der Waals surface area (Å²) in [6, 6.07) is 61.6. The normalized spacial score (nSPS) is 12.1. The van der Waals surface area contributed by atoms with Gasteiger partial charge >= 0.3 is 0 Å². The predicted molar refractivity (Wildman–Crippen MR) is 239 cm³/mol. The molecule has 0 atom stereocenters. The van der Waals surface area contributed by atoms with Gasteiger partial charge in [-0.1, -0.05) is 121 Å². The molecule has 0 aliphatic heterocycles. The van der Waals surface area contributed by atoms with Crippen molar-refractivity contribution in [3.63, 3.8) is 0 Å². The third-order valence-corrected chi connectivity index (χ3v) is 11.8. The molecule has 0 saturated carbocycles. The second-order valence-corrected chi connectivity index (χ2v) is 15.0. The largest absolute Gasteiger partial charge is 0.454 e. The van der Waals surface area contributed by atoms with E-state index in [1.54, 1.807) is 0 Å². The lowest BCUT2D eigenvalue weighted by molar-refractivity contribution is 0.668. The maximum atomic E-state index is 6.53. The van der Waals surface area contributed by atoms with Crippen molar-refractivity contribution in [3.8, 4) is 34.4 Å². The molecule has 0 fully saturated rings. The number of aromatic nitrogens is 6. The van der Waals surface area contributed by atoms with Gasteiger partial charge in [-0.15, -0.1) is 0 Å². The molecule has 8 aromatic carbocycles. The maximum Gasteiger partial charge on any atom is 0.238 e. The molecule has 5 aromatic heterocycles. The van der Waals surface area contributed by atoms with Crippen LogP contribution in [-0.4, -0.2) is 29.1 Å². The van der Waals surface area contributed by atoms with Crippen LogP contribution >= 0.6 is 0 Å². The molecule has 13 aromatic rings. The molecular formula is C52H30N6O. The van der Waals surface area contributed by atoms with Crippen LogP contribution in [0.1, 0.15) is 0 Å². The summed E-state index contributed by atoms with van der Waals surface area (Å²) in [6.45, 7) is 0. The minimum atomic E-state index is 0.499. The molecule has 0 radical (unpaired) electrons. The summed E-state index contributed by atoms with van der Waals surface area (Å²) >= 11 is 0. The molecule has 274 valence electrons. The molecule has 0 aliphatic carbocycles. The molecule has 7 nitrogen and oxygen atoms in total. The van der Waals surface area contributed by atoms with Crippen molar-refractivity contribution < 1.29 is 4.42 Å². The number of fused-ring (bicyclic) bond motifs is 11. The summed E-state index contributed by atoms with van der Waals surface area (Å²) in [5.74, 6) is 1.57. The molecule has 0 unspecified atom stereocenters. The van der Waals surface area contributed by atoms with Gasteiger partial charge < -0.3 is 8.98 Å². The van der Waals surface area contributed by atoms with Gasteiger partial charge in [-0.2, -0.15) is 9.97 Å². The van der Waals surface area contributed by atoms with Crippen LogP contribution in [0.5, 0.6) is 0 Å². The highest BCUT2D eigenvalue weighted by molar-refractivity contribution is 6.19. The summed E-state index contributed by atoms with van der Waals surface area (Å²) in [4.78, 5) is 20.8. The van der Waals surface area contributed by atoms with E-state index >= 15 is 0 Å². The summed E-state index contributed by atoms with van der Waals surface area (Å²) < 4.78 is 11.1. The fourth-order valence-electron chi connectivity index (χ4n) is 9.22. The Morgan fingerprint density at radius 2 is 1.02 bits per heavy atom. The number of nitrogens with zero attached hydrogens (tertiary/aromatic N) is 6. The van der Waals surface area contributed by atoms with Gasteiger partial charge in [0.1, 0.15) is 11.1 Å². The van der Waals surface area contributed by atoms with Crippen LogP contribution in [0.3, 0.4) is 0 Å².